The van der Waals surface area contributed by atoms with Gasteiger partial charge in [0.15, 0.2) is 11.0 Å². The van der Waals surface area contributed by atoms with Crippen molar-refractivity contribution in [2.24, 2.45) is 17.6 Å². The van der Waals surface area contributed by atoms with Gasteiger partial charge in [-0.2, -0.15) is 0 Å². The summed E-state index contributed by atoms with van der Waals surface area (Å²) < 4.78 is 5.16. The average molecular weight is 283 g/mol. The molecule has 3 N–H and O–H groups in total. The second kappa shape index (κ2) is 5.17. The molecule has 3 rings (SSSR count). The summed E-state index contributed by atoms with van der Waals surface area (Å²) in [6.45, 7) is 0. The second-order valence-corrected chi connectivity index (χ2v) is 6.16. The minimum Gasteiger partial charge on any atom is -0.440 e. The minimum absolute atomic E-state index is 0.163. The number of carbonyl (C=O) groups excluding carboxylic acids is 1. The molecule has 1 aromatic rings. The van der Waals surface area contributed by atoms with Crippen molar-refractivity contribution in [2.45, 2.75) is 44.2 Å². The third-order valence-corrected chi connectivity index (χ3v) is 4.67. The Kier molecular flexibility index (Phi) is 3.54. The van der Waals surface area contributed by atoms with Gasteiger partial charge in [-0.3, -0.25) is 4.79 Å². The number of amides is 1. The predicted molar refractivity (Wildman–Crippen MR) is 73.0 cm³/mol. The molecular formula is C14H19ClN2O2. The molecular weight excluding hydrogens is 264 g/mol. The molecule has 0 saturated heterocycles. The van der Waals surface area contributed by atoms with Crippen molar-refractivity contribution in [3.8, 4) is 0 Å². The molecule has 4 nitrogen and oxygen atoms in total. The molecule has 1 aromatic heterocycles. The standard InChI is InChI=1S/C14H19ClN2O2/c15-12-5-4-11(19-12)14(18)17-13-8-2-1-3-9(13)7-10(16)6-8/h4-5,8-10,13H,1-3,6-7,16H2,(H,17,18). The van der Waals surface area contributed by atoms with Gasteiger partial charge in [-0.25, -0.2) is 0 Å². The summed E-state index contributed by atoms with van der Waals surface area (Å²) in [5.74, 6) is 1.15. The summed E-state index contributed by atoms with van der Waals surface area (Å²) in [6, 6.07) is 3.74. The molecule has 5 heteroatoms. The lowest BCUT2D eigenvalue weighted by Gasteiger charge is -2.45. The molecule has 0 aromatic carbocycles. The normalized spacial score (nSPS) is 34.0. The van der Waals surface area contributed by atoms with Crippen molar-refractivity contribution >= 4 is 17.5 Å². The van der Waals surface area contributed by atoms with E-state index in [-0.39, 0.29) is 22.9 Å². The molecule has 1 heterocycles. The van der Waals surface area contributed by atoms with Gasteiger partial charge in [-0.05, 0) is 61.3 Å². The number of furan rings is 1. The van der Waals surface area contributed by atoms with Gasteiger partial charge in [0.05, 0.1) is 0 Å². The van der Waals surface area contributed by atoms with Crippen LogP contribution in [-0.4, -0.2) is 18.0 Å². The first-order chi connectivity index (χ1) is 9.13. The highest BCUT2D eigenvalue weighted by Gasteiger charge is 2.40. The Morgan fingerprint density at radius 2 is 2.00 bits per heavy atom. The van der Waals surface area contributed by atoms with Crippen molar-refractivity contribution in [1.82, 2.24) is 5.32 Å². The van der Waals surface area contributed by atoms with Crippen molar-refractivity contribution in [3.63, 3.8) is 0 Å². The maximum Gasteiger partial charge on any atom is 0.287 e. The van der Waals surface area contributed by atoms with Crippen LogP contribution in [0.2, 0.25) is 5.22 Å². The van der Waals surface area contributed by atoms with Gasteiger partial charge in [-0.15, -0.1) is 0 Å². The smallest absolute Gasteiger partial charge is 0.287 e. The molecule has 2 fully saturated rings. The van der Waals surface area contributed by atoms with E-state index >= 15 is 0 Å². The third-order valence-electron chi connectivity index (χ3n) is 4.47. The first kappa shape index (κ1) is 13.0. The van der Waals surface area contributed by atoms with E-state index in [0.29, 0.717) is 17.9 Å². The Morgan fingerprint density at radius 1 is 1.32 bits per heavy atom. The van der Waals surface area contributed by atoms with Gasteiger partial charge in [0.2, 0.25) is 0 Å². The van der Waals surface area contributed by atoms with Crippen LogP contribution in [0.15, 0.2) is 16.5 Å². The SMILES string of the molecule is NC1CC2CCCC(C1)C2NC(=O)c1ccc(Cl)o1. The number of hydrogen-bond acceptors (Lipinski definition) is 3. The Bertz CT molecular complexity index is 460. The quantitative estimate of drug-likeness (QED) is 0.876. The van der Waals surface area contributed by atoms with E-state index < -0.39 is 0 Å². The van der Waals surface area contributed by atoms with E-state index in [1.165, 1.54) is 6.42 Å². The first-order valence-corrected chi connectivity index (χ1v) is 7.33. The van der Waals surface area contributed by atoms with E-state index in [1.807, 2.05) is 0 Å². The maximum atomic E-state index is 12.1. The highest BCUT2D eigenvalue weighted by Crippen LogP contribution is 2.39. The van der Waals surface area contributed by atoms with Crippen LogP contribution in [0.5, 0.6) is 0 Å². The number of rotatable bonds is 2. The highest BCUT2D eigenvalue weighted by molar-refractivity contribution is 6.29. The fraction of sp³-hybridized carbons (Fsp3) is 0.643. The van der Waals surface area contributed by atoms with E-state index in [0.717, 1.165) is 25.7 Å². The number of nitrogens with two attached hydrogens (primary N) is 1. The molecule has 2 atom stereocenters. The first-order valence-electron chi connectivity index (χ1n) is 6.95. The zero-order valence-electron chi connectivity index (χ0n) is 10.8. The van der Waals surface area contributed by atoms with Crippen molar-refractivity contribution in [2.75, 3.05) is 0 Å². The number of carbonyl (C=O) groups is 1. The summed E-state index contributed by atoms with van der Waals surface area (Å²) >= 11 is 5.70. The number of fused-ring (bicyclic) bond motifs is 2. The van der Waals surface area contributed by atoms with E-state index in [1.54, 1.807) is 12.1 Å². The molecule has 19 heavy (non-hydrogen) atoms. The van der Waals surface area contributed by atoms with E-state index in [9.17, 15) is 4.79 Å². The van der Waals surface area contributed by atoms with Crippen LogP contribution < -0.4 is 11.1 Å². The van der Waals surface area contributed by atoms with Gasteiger partial charge in [-0.1, -0.05) is 6.42 Å². The number of halogens is 1. The van der Waals surface area contributed by atoms with Crippen LogP contribution in [0.3, 0.4) is 0 Å². The molecule has 0 radical (unpaired) electrons. The molecule has 2 saturated carbocycles. The Labute approximate surface area is 117 Å². The molecule has 0 aliphatic heterocycles. The lowest BCUT2D eigenvalue weighted by atomic mass is 9.67. The maximum absolute atomic E-state index is 12.1. The topological polar surface area (TPSA) is 68.3 Å². The fourth-order valence-electron chi connectivity index (χ4n) is 3.68. The fourth-order valence-corrected chi connectivity index (χ4v) is 3.83. The number of nitrogens with one attached hydrogen (secondary N) is 1. The lowest BCUT2D eigenvalue weighted by molar-refractivity contribution is 0.0732. The minimum atomic E-state index is -0.163. The molecule has 2 unspecified atom stereocenters. The van der Waals surface area contributed by atoms with Crippen LogP contribution in [0, 0.1) is 11.8 Å². The van der Waals surface area contributed by atoms with Gasteiger partial charge >= 0.3 is 0 Å². The van der Waals surface area contributed by atoms with Crippen LogP contribution in [-0.2, 0) is 0 Å². The highest BCUT2D eigenvalue weighted by atomic mass is 35.5. The second-order valence-electron chi connectivity index (χ2n) is 5.79. The van der Waals surface area contributed by atoms with Gasteiger partial charge in [0.1, 0.15) is 0 Å². The summed E-state index contributed by atoms with van der Waals surface area (Å²) in [5.41, 5.74) is 6.08. The van der Waals surface area contributed by atoms with E-state index in [4.69, 9.17) is 21.8 Å². The zero-order valence-corrected chi connectivity index (χ0v) is 11.5. The molecule has 104 valence electrons. The van der Waals surface area contributed by atoms with Crippen molar-refractivity contribution in [1.29, 1.82) is 0 Å². The van der Waals surface area contributed by atoms with Crippen LogP contribution in [0.4, 0.5) is 0 Å². The monoisotopic (exact) mass is 282 g/mol. The predicted octanol–water partition coefficient (Wildman–Crippen LogP) is 2.57. The summed E-state index contributed by atoms with van der Waals surface area (Å²) in [6.07, 6.45) is 5.60. The molecule has 2 bridgehead atoms. The Balaban J connectivity index is 1.70. The Hall–Kier alpha value is -1.00. The van der Waals surface area contributed by atoms with Crippen molar-refractivity contribution in [3.05, 3.63) is 23.1 Å². The summed E-state index contributed by atoms with van der Waals surface area (Å²) in [5, 5.41) is 3.37. The number of hydrogen-bond donors (Lipinski definition) is 2. The van der Waals surface area contributed by atoms with Gasteiger partial charge < -0.3 is 15.5 Å². The Morgan fingerprint density at radius 3 is 2.58 bits per heavy atom. The van der Waals surface area contributed by atoms with Crippen molar-refractivity contribution < 1.29 is 9.21 Å². The third kappa shape index (κ3) is 2.65. The molecule has 2 aliphatic carbocycles. The zero-order chi connectivity index (χ0) is 13.4. The molecule has 0 spiro atoms. The average Bonchev–Trinajstić information content (AvgIpc) is 2.77. The van der Waals surface area contributed by atoms with E-state index in [2.05, 4.69) is 5.32 Å². The van der Waals surface area contributed by atoms with Crippen LogP contribution in [0.1, 0.15) is 42.7 Å². The van der Waals surface area contributed by atoms with Crippen LogP contribution in [0.25, 0.3) is 0 Å². The van der Waals surface area contributed by atoms with Gasteiger partial charge in [0, 0.05) is 12.1 Å². The largest absolute Gasteiger partial charge is 0.440 e. The lowest BCUT2D eigenvalue weighted by Crippen LogP contribution is -2.53. The van der Waals surface area contributed by atoms with Gasteiger partial charge in [0.25, 0.3) is 5.91 Å². The summed E-state index contributed by atoms with van der Waals surface area (Å²) in [7, 11) is 0. The summed E-state index contributed by atoms with van der Waals surface area (Å²) in [4.78, 5) is 12.1. The van der Waals surface area contributed by atoms with Crippen LogP contribution >= 0.6 is 11.6 Å². The molecule has 1 amide bonds. The molecule has 2 aliphatic rings.